The molecule has 2 N–H and O–H groups in total. The number of hydrogen-bond donors (Lipinski definition) is 1. The first-order valence-electron chi connectivity index (χ1n) is 2.66. The summed E-state index contributed by atoms with van der Waals surface area (Å²) < 4.78 is 1.89. The van der Waals surface area contributed by atoms with Crippen LogP contribution < -0.4 is 5.73 Å². The van der Waals surface area contributed by atoms with Gasteiger partial charge in [0.2, 0.25) is 0 Å². The molecule has 1 rings (SSSR count). The van der Waals surface area contributed by atoms with Crippen LogP contribution in [0.4, 0.5) is 5.82 Å². The molecule has 0 spiro atoms. The van der Waals surface area contributed by atoms with Crippen LogP contribution in [0, 0.1) is 0 Å². The van der Waals surface area contributed by atoms with Crippen LogP contribution in [0.5, 0.6) is 0 Å². The van der Waals surface area contributed by atoms with Crippen molar-refractivity contribution >= 4 is 43.1 Å². The minimum atomic E-state index is 0.614. The Bertz CT molecular complexity index is 230. The molecule has 0 aromatic carbocycles. The van der Waals surface area contributed by atoms with Gasteiger partial charge in [-0.25, -0.2) is 0 Å². The van der Waals surface area contributed by atoms with Crippen LogP contribution in [-0.4, -0.2) is 46.0 Å². The molecule has 0 saturated carbocycles. The molecule has 0 saturated heterocycles. The molecular formula is C4H7Al2N3. The summed E-state index contributed by atoms with van der Waals surface area (Å²) in [6, 6.07) is 1.88. The third kappa shape index (κ3) is 1.44. The van der Waals surface area contributed by atoms with Crippen molar-refractivity contribution in [1.82, 2.24) is 8.76 Å². The summed E-state index contributed by atoms with van der Waals surface area (Å²) in [7, 11) is 0. The summed E-state index contributed by atoms with van der Waals surface area (Å²) in [5.41, 5.74) is 6.55. The number of nitrogens with two attached hydrogens (primary N) is 1. The second-order valence-electron chi connectivity index (χ2n) is 1.82. The summed E-state index contributed by atoms with van der Waals surface area (Å²) in [6.07, 6.45) is 0. The molecule has 0 amide bonds. The fraction of sp³-hybridized carbons (Fsp3) is 0. The predicted octanol–water partition coefficient (Wildman–Crippen LogP) is -2.09. The van der Waals surface area contributed by atoms with Gasteiger partial charge in [0.1, 0.15) is 0 Å². The SMILES string of the molecule is Nc1cc([CH]=[AlH])[n]([AlH2])n1. The molecule has 0 aliphatic rings. The number of hydrogen-bond acceptors (Lipinski definition) is 2. The maximum atomic E-state index is 5.43. The van der Waals surface area contributed by atoms with E-state index in [1.54, 1.807) is 15.9 Å². The number of nitrogen functional groups attached to an aromatic ring is 1. The summed E-state index contributed by atoms with van der Waals surface area (Å²) in [6.45, 7) is 0. The van der Waals surface area contributed by atoms with Crippen LogP contribution in [-0.2, 0) is 0 Å². The average molecular weight is 151 g/mol. The monoisotopic (exact) mass is 151 g/mol. The maximum absolute atomic E-state index is 5.43. The van der Waals surface area contributed by atoms with E-state index in [1.807, 2.05) is 14.6 Å². The van der Waals surface area contributed by atoms with E-state index < -0.39 is 0 Å². The minimum absolute atomic E-state index is 0.614. The Morgan fingerprint density at radius 2 is 2.56 bits per heavy atom. The van der Waals surface area contributed by atoms with E-state index in [2.05, 4.69) is 5.10 Å². The van der Waals surface area contributed by atoms with Gasteiger partial charge in [0, 0.05) is 0 Å². The van der Waals surface area contributed by atoms with Crippen molar-refractivity contribution in [3.63, 3.8) is 0 Å². The number of rotatable bonds is 1. The van der Waals surface area contributed by atoms with E-state index in [1.165, 1.54) is 0 Å². The van der Waals surface area contributed by atoms with Gasteiger partial charge >= 0.3 is 69.3 Å². The molecular weight excluding hydrogens is 144 g/mol. The molecule has 0 fully saturated rings. The van der Waals surface area contributed by atoms with Crippen molar-refractivity contribution in [2.45, 2.75) is 0 Å². The van der Waals surface area contributed by atoms with Gasteiger partial charge in [-0.2, -0.15) is 0 Å². The van der Waals surface area contributed by atoms with E-state index >= 15 is 0 Å². The van der Waals surface area contributed by atoms with Crippen molar-refractivity contribution in [1.29, 1.82) is 0 Å². The second kappa shape index (κ2) is 2.69. The van der Waals surface area contributed by atoms with Crippen molar-refractivity contribution in [2.75, 3.05) is 5.73 Å². The number of anilines is 1. The Hall–Kier alpha value is -0.0551. The first kappa shape index (κ1) is 7.06. The number of aromatic nitrogens is 2. The fourth-order valence-corrected chi connectivity index (χ4v) is 1.99. The predicted molar refractivity (Wildman–Crippen MR) is 42.9 cm³/mol. The van der Waals surface area contributed by atoms with Gasteiger partial charge in [-0.05, 0) is 0 Å². The summed E-state index contributed by atoms with van der Waals surface area (Å²) in [4.78, 5) is 2.02. The van der Waals surface area contributed by atoms with Crippen molar-refractivity contribution in [2.24, 2.45) is 0 Å². The Morgan fingerprint density at radius 3 is 2.78 bits per heavy atom. The second-order valence-corrected chi connectivity index (χ2v) is 3.08. The third-order valence-corrected chi connectivity index (χ3v) is 2.28. The van der Waals surface area contributed by atoms with Gasteiger partial charge in [0.15, 0.2) is 0 Å². The van der Waals surface area contributed by atoms with Crippen LogP contribution in [0.1, 0.15) is 5.69 Å². The van der Waals surface area contributed by atoms with Crippen LogP contribution >= 0.6 is 0 Å². The van der Waals surface area contributed by atoms with Gasteiger partial charge in [0.25, 0.3) is 0 Å². The Balaban J connectivity index is 3.15. The molecule has 0 bridgehead atoms. The fourth-order valence-electron chi connectivity index (χ4n) is 0.696. The molecule has 0 radical (unpaired) electrons. The van der Waals surface area contributed by atoms with Crippen LogP contribution in [0.3, 0.4) is 0 Å². The summed E-state index contributed by atoms with van der Waals surface area (Å²) in [5, 5.41) is 4.01. The van der Waals surface area contributed by atoms with Crippen LogP contribution in [0.25, 0.3) is 0 Å². The van der Waals surface area contributed by atoms with Gasteiger partial charge in [-0.3, -0.25) is 0 Å². The zero-order valence-corrected chi connectivity index (χ0v) is 8.75. The molecule has 0 aliphatic carbocycles. The zero-order valence-electron chi connectivity index (χ0n) is 5.33. The normalized spacial score (nSPS) is 9.22. The van der Waals surface area contributed by atoms with E-state index in [-0.39, 0.29) is 0 Å². The van der Waals surface area contributed by atoms with Crippen molar-refractivity contribution in [3.8, 4) is 0 Å². The van der Waals surface area contributed by atoms with E-state index in [0.717, 1.165) is 22.2 Å². The standard InChI is InChI=1S/C4H4N3.2Al.3H/c1-3-2-4(5)7-6-3;;;;;/h1-2H,(H2-,5,6,7);;;;;/q-1;;+1;;;. The molecule has 1 aromatic rings. The number of nitrogens with zero attached hydrogens (tertiary/aromatic N) is 2. The van der Waals surface area contributed by atoms with Crippen LogP contribution in [0.15, 0.2) is 6.07 Å². The molecule has 0 unspecified atom stereocenters. The topological polar surface area (TPSA) is 43.8 Å². The zero-order chi connectivity index (χ0) is 6.85. The average Bonchev–Trinajstić information content (AvgIpc) is 2.10. The molecule has 0 aliphatic heterocycles. The van der Waals surface area contributed by atoms with Crippen molar-refractivity contribution < 1.29 is 0 Å². The van der Waals surface area contributed by atoms with E-state index in [4.69, 9.17) is 5.73 Å². The van der Waals surface area contributed by atoms with Gasteiger partial charge in [-0.15, -0.1) is 0 Å². The molecule has 9 heavy (non-hydrogen) atoms. The van der Waals surface area contributed by atoms with Gasteiger partial charge in [-0.1, -0.05) is 0 Å². The molecule has 0 atom stereocenters. The molecule has 44 valence electrons. The molecule has 3 nitrogen and oxygen atoms in total. The Labute approximate surface area is 69.4 Å². The van der Waals surface area contributed by atoms with Gasteiger partial charge < -0.3 is 0 Å². The van der Waals surface area contributed by atoms with Crippen molar-refractivity contribution in [3.05, 3.63) is 11.8 Å². The first-order valence-corrected chi connectivity index (χ1v) is 4.37. The Kier molecular flexibility index (Phi) is 2.11. The van der Waals surface area contributed by atoms with Gasteiger partial charge in [0.05, 0.1) is 0 Å². The molecule has 1 heterocycles. The third-order valence-electron chi connectivity index (χ3n) is 1.14. The van der Waals surface area contributed by atoms with Crippen LogP contribution in [0.2, 0.25) is 0 Å². The van der Waals surface area contributed by atoms with E-state index in [9.17, 15) is 0 Å². The summed E-state index contributed by atoms with van der Waals surface area (Å²) >= 11 is 2.70. The van der Waals surface area contributed by atoms with E-state index in [0.29, 0.717) is 5.82 Å². The molecule has 1 aromatic heterocycles. The molecule has 5 heteroatoms. The summed E-state index contributed by atoms with van der Waals surface area (Å²) in [5.74, 6) is 0.614. The quantitative estimate of drug-likeness (QED) is 0.468. The first-order chi connectivity index (χ1) is 4.24. The Morgan fingerprint density at radius 1 is 1.89 bits per heavy atom.